The van der Waals surface area contributed by atoms with Crippen molar-refractivity contribution in [3.63, 3.8) is 0 Å². The molecular weight excluding hydrogens is 288 g/mol. The van der Waals surface area contributed by atoms with Gasteiger partial charge in [0.25, 0.3) is 0 Å². The van der Waals surface area contributed by atoms with Crippen LogP contribution in [0.3, 0.4) is 0 Å². The zero-order valence-electron chi connectivity index (χ0n) is 12.7. The molecule has 3 amide bonds. The van der Waals surface area contributed by atoms with Gasteiger partial charge in [-0.05, 0) is 33.1 Å². The summed E-state index contributed by atoms with van der Waals surface area (Å²) in [6.07, 6.45) is 3.27. The third-order valence-electron chi connectivity index (χ3n) is 3.78. The molecule has 1 aromatic rings. The largest absolute Gasteiger partial charge is 0.352 e. The van der Waals surface area contributed by atoms with Crippen LogP contribution in [0.4, 0.5) is 4.79 Å². The molecule has 0 fully saturated rings. The molecule has 2 atom stereocenters. The number of aromatic nitrogens is 1. The van der Waals surface area contributed by atoms with E-state index < -0.39 is 12.1 Å². The standard InChI is InChI=1S/C14H22N4O2S/c1-8(16-14(15)20)13(19)18(3)7-10-5-4-6-11-12(10)17-9(2)21-11/h8,10H,4-7H2,1-3H3,(H3,15,16,20)/t8-,10+/m1/s1. The number of nitrogens with zero attached hydrogens (tertiary/aromatic N) is 2. The molecule has 1 aliphatic carbocycles. The number of thiazole rings is 1. The Bertz CT molecular complexity index is 543. The van der Waals surface area contributed by atoms with Crippen molar-refractivity contribution in [2.24, 2.45) is 5.73 Å². The molecule has 0 aromatic carbocycles. The molecule has 0 saturated carbocycles. The van der Waals surface area contributed by atoms with Gasteiger partial charge in [-0.2, -0.15) is 0 Å². The van der Waals surface area contributed by atoms with Crippen LogP contribution in [0.1, 0.15) is 41.3 Å². The summed E-state index contributed by atoms with van der Waals surface area (Å²) in [5, 5.41) is 3.51. The predicted octanol–water partition coefficient (Wildman–Crippen LogP) is 1.39. The molecule has 2 rings (SSSR count). The van der Waals surface area contributed by atoms with Crippen molar-refractivity contribution in [2.75, 3.05) is 13.6 Å². The lowest BCUT2D eigenvalue weighted by molar-refractivity contribution is -0.131. The first kappa shape index (κ1) is 15.8. The van der Waals surface area contributed by atoms with Gasteiger partial charge < -0.3 is 16.0 Å². The lowest BCUT2D eigenvalue weighted by Gasteiger charge is -2.28. The van der Waals surface area contributed by atoms with Crippen molar-refractivity contribution in [3.8, 4) is 0 Å². The Morgan fingerprint density at radius 3 is 2.95 bits per heavy atom. The molecule has 1 heterocycles. The highest BCUT2D eigenvalue weighted by Crippen LogP contribution is 2.34. The molecule has 116 valence electrons. The summed E-state index contributed by atoms with van der Waals surface area (Å²) in [6, 6.07) is -1.29. The van der Waals surface area contributed by atoms with Crippen LogP contribution in [0.5, 0.6) is 0 Å². The Balaban J connectivity index is 2.01. The molecule has 0 aliphatic heterocycles. The van der Waals surface area contributed by atoms with E-state index in [1.165, 1.54) is 4.88 Å². The SMILES string of the molecule is Cc1nc2c(s1)CCC[C@H]2CN(C)C(=O)[C@@H](C)NC(N)=O. The quantitative estimate of drug-likeness (QED) is 0.880. The topological polar surface area (TPSA) is 88.3 Å². The van der Waals surface area contributed by atoms with Gasteiger partial charge in [0.1, 0.15) is 6.04 Å². The number of amides is 3. The first-order valence-electron chi connectivity index (χ1n) is 7.15. The third kappa shape index (κ3) is 3.72. The minimum absolute atomic E-state index is 0.132. The normalized spacial score (nSPS) is 18.7. The monoisotopic (exact) mass is 310 g/mol. The van der Waals surface area contributed by atoms with Crippen molar-refractivity contribution in [3.05, 3.63) is 15.6 Å². The fourth-order valence-corrected chi connectivity index (χ4v) is 3.90. The number of fused-ring (bicyclic) bond motifs is 1. The van der Waals surface area contributed by atoms with E-state index in [9.17, 15) is 9.59 Å². The number of urea groups is 1. The maximum atomic E-state index is 12.2. The number of carbonyl (C=O) groups is 2. The van der Waals surface area contributed by atoms with Crippen LogP contribution in [0.15, 0.2) is 0 Å². The van der Waals surface area contributed by atoms with Crippen LogP contribution in [-0.2, 0) is 11.2 Å². The number of rotatable bonds is 4. The summed E-state index contributed by atoms with van der Waals surface area (Å²) in [5.41, 5.74) is 6.20. The van der Waals surface area contributed by atoms with Crippen LogP contribution in [0, 0.1) is 6.92 Å². The van der Waals surface area contributed by atoms with Gasteiger partial charge in [-0.25, -0.2) is 9.78 Å². The molecule has 0 saturated heterocycles. The van der Waals surface area contributed by atoms with Gasteiger partial charge in [0.2, 0.25) is 5.91 Å². The number of carbonyl (C=O) groups excluding carboxylic acids is 2. The van der Waals surface area contributed by atoms with E-state index in [1.807, 2.05) is 6.92 Å². The molecule has 21 heavy (non-hydrogen) atoms. The van der Waals surface area contributed by atoms with Crippen LogP contribution in [-0.4, -0.2) is 41.5 Å². The number of primary amides is 1. The van der Waals surface area contributed by atoms with Gasteiger partial charge in [-0.15, -0.1) is 11.3 Å². The van der Waals surface area contributed by atoms with Crippen LogP contribution in [0.2, 0.25) is 0 Å². The zero-order chi connectivity index (χ0) is 15.6. The Labute approximate surface area is 128 Å². The fourth-order valence-electron chi connectivity index (χ4n) is 2.83. The van der Waals surface area contributed by atoms with Crippen molar-refractivity contribution in [1.29, 1.82) is 0 Å². The fraction of sp³-hybridized carbons (Fsp3) is 0.643. The molecule has 3 N–H and O–H groups in total. The minimum atomic E-state index is -0.681. The van der Waals surface area contributed by atoms with E-state index >= 15 is 0 Å². The van der Waals surface area contributed by atoms with E-state index in [-0.39, 0.29) is 11.8 Å². The van der Waals surface area contributed by atoms with E-state index in [0.717, 1.165) is 30.0 Å². The van der Waals surface area contributed by atoms with Gasteiger partial charge in [0, 0.05) is 24.4 Å². The second-order valence-electron chi connectivity index (χ2n) is 5.58. The molecule has 6 nitrogen and oxygen atoms in total. The molecule has 7 heteroatoms. The minimum Gasteiger partial charge on any atom is -0.352 e. The van der Waals surface area contributed by atoms with Crippen LogP contribution in [0.25, 0.3) is 0 Å². The van der Waals surface area contributed by atoms with Gasteiger partial charge in [0.15, 0.2) is 0 Å². The molecule has 0 spiro atoms. The second-order valence-corrected chi connectivity index (χ2v) is 6.87. The maximum Gasteiger partial charge on any atom is 0.312 e. The third-order valence-corrected chi connectivity index (χ3v) is 4.82. The summed E-state index contributed by atoms with van der Waals surface area (Å²) >= 11 is 1.76. The van der Waals surface area contributed by atoms with E-state index in [4.69, 9.17) is 5.73 Å². The molecule has 0 unspecified atom stereocenters. The lowest BCUT2D eigenvalue weighted by Crippen LogP contribution is -2.48. The first-order chi connectivity index (χ1) is 9.88. The van der Waals surface area contributed by atoms with Gasteiger partial charge in [-0.3, -0.25) is 4.79 Å². The maximum absolute atomic E-state index is 12.2. The van der Waals surface area contributed by atoms with Gasteiger partial charge in [-0.1, -0.05) is 0 Å². The lowest BCUT2D eigenvalue weighted by atomic mass is 9.90. The Hall–Kier alpha value is -1.63. The van der Waals surface area contributed by atoms with Crippen molar-refractivity contribution in [2.45, 2.75) is 45.1 Å². The molecule has 1 aromatic heterocycles. The Morgan fingerprint density at radius 2 is 2.29 bits per heavy atom. The summed E-state index contributed by atoms with van der Waals surface area (Å²) in [6.45, 7) is 4.29. The smallest absolute Gasteiger partial charge is 0.312 e. The van der Waals surface area contributed by atoms with E-state index in [2.05, 4.69) is 10.3 Å². The average molecular weight is 310 g/mol. The number of hydrogen-bond acceptors (Lipinski definition) is 4. The second kappa shape index (κ2) is 6.43. The Morgan fingerprint density at radius 1 is 1.57 bits per heavy atom. The highest BCUT2D eigenvalue weighted by Gasteiger charge is 2.27. The molecule has 1 aliphatic rings. The molecule has 0 radical (unpaired) electrons. The molecule has 0 bridgehead atoms. The van der Waals surface area contributed by atoms with E-state index in [0.29, 0.717) is 6.54 Å². The number of nitrogens with two attached hydrogens (primary N) is 1. The highest BCUT2D eigenvalue weighted by molar-refractivity contribution is 7.11. The van der Waals surface area contributed by atoms with Crippen molar-refractivity contribution < 1.29 is 9.59 Å². The summed E-state index contributed by atoms with van der Waals surface area (Å²) in [7, 11) is 1.76. The number of nitrogens with one attached hydrogen (secondary N) is 1. The van der Waals surface area contributed by atoms with Gasteiger partial charge in [0.05, 0.1) is 10.7 Å². The van der Waals surface area contributed by atoms with E-state index in [1.54, 1.807) is 30.2 Å². The summed E-state index contributed by atoms with van der Waals surface area (Å²) in [5.74, 6) is 0.154. The Kier molecular flexibility index (Phi) is 4.82. The first-order valence-corrected chi connectivity index (χ1v) is 7.97. The highest BCUT2D eigenvalue weighted by atomic mass is 32.1. The van der Waals surface area contributed by atoms with Crippen LogP contribution < -0.4 is 11.1 Å². The number of hydrogen-bond donors (Lipinski definition) is 2. The van der Waals surface area contributed by atoms with Crippen molar-refractivity contribution >= 4 is 23.3 Å². The zero-order valence-corrected chi connectivity index (χ0v) is 13.5. The van der Waals surface area contributed by atoms with Gasteiger partial charge >= 0.3 is 6.03 Å². The molecular formula is C14H22N4O2S. The number of likely N-dealkylation sites (N-methyl/N-ethyl adjacent to an activating group) is 1. The average Bonchev–Trinajstić information content (AvgIpc) is 2.78. The predicted molar refractivity (Wildman–Crippen MR) is 82.3 cm³/mol. The summed E-state index contributed by atoms with van der Waals surface area (Å²) < 4.78 is 0. The summed E-state index contributed by atoms with van der Waals surface area (Å²) in [4.78, 5) is 30.7. The van der Waals surface area contributed by atoms with Crippen molar-refractivity contribution in [1.82, 2.24) is 15.2 Å². The van der Waals surface area contributed by atoms with Crippen LogP contribution >= 0.6 is 11.3 Å². The number of aryl methyl sites for hydroxylation is 2.